The normalized spacial score (nSPS) is 14.0. The van der Waals surface area contributed by atoms with Crippen molar-refractivity contribution in [3.05, 3.63) is 10.3 Å². The molecule has 98 valence electrons. The van der Waals surface area contributed by atoms with Crippen LogP contribution in [0.3, 0.4) is 0 Å². The van der Waals surface area contributed by atoms with Crippen LogP contribution in [0, 0.1) is 0 Å². The van der Waals surface area contributed by atoms with Gasteiger partial charge in [-0.3, -0.25) is 0 Å². The summed E-state index contributed by atoms with van der Waals surface area (Å²) in [5.74, 6) is 0. The maximum absolute atomic E-state index is 5.77. The second kappa shape index (κ2) is 5.93. The number of nitrogens with one attached hydrogen (secondary N) is 1. The van der Waals surface area contributed by atoms with E-state index in [1.807, 2.05) is 14.1 Å². The number of aromatic nitrogens is 3. The number of methoxy groups -OCH3 is 1. The number of hydrogen-bond donors (Lipinski definition) is 1. The van der Waals surface area contributed by atoms with Gasteiger partial charge in [-0.25, -0.2) is 4.68 Å². The van der Waals surface area contributed by atoms with Crippen LogP contribution in [-0.2, 0) is 11.8 Å². The second-order valence-electron chi connectivity index (χ2n) is 4.09. The lowest BCUT2D eigenvalue weighted by atomic mass is 9.86. The standard InChI is InChI=1S/C11H21BrN4O/c1-6-11(7-2,17-5)9(13-3)8-10(12)14-15-16(8)4/h9,13H,6-7H2,1-5H3. The molecule has 0 amide bonds. The number of rotatable bonds is 6. The zero-order valence-corrected chi connectivity index (χ0v) is 12.7. The van der Waals surface area contributed by atoms with Gasteiger partial charge >= 0.3 is 0 Å². The maximum Gasteiger partial charge on any atom is 0.153 e. The van der Waals surface area contributed by atoms with E-state index in [1.165, 1.54) is 0 Å². The third-order valence-electron chi connectivity index (χ3n) is 3.52. The molecular weight excluding hydrogens is 284 g/mol. The Balaban J connectivity index is 3.22. The predicted octanol–water partition coefficient (Wildman–Crippen LogP) is 2.04. The molecule has 0 aliphatic rings. The van der Waals surface area contributed by atoms with Crippen LogP contribution in [0.5, 0.6) is 0 Å². The highest BCUT2D eigenvalue weighted by molar-refractivity contribution is 9.10. The molecule has 0 saturated heterocycles. The van der Waals surface area contributed by atoms with Crippen molar-refractivity contribution >= 4 is 15.9 Å². The number of aryl methyl sites for hydroxylation is 1. The third kappa shape index (κ3) is 2.53. The first kappa shape index (κ1) is 14.6. The number of likely N-dealkylation sites (N-methyl/N-ethyl adjacent to an activating group) is 1. The largest absolute Gasteiger partial charge is 0.376 e. The van der Waals surface area contributed by atoms with E-state index in [4.69, 9.17) is 4.74 Å². The van der Waals surface area contributed by atoms with Gasteiger partial charge in [0.25, 0.3) is 0 Å². The van der Waals surface area contributed by atoms with Crippen molar-refractivity contribution in [1.82, 2.24) is 20.3 Å². The molecule has 5 nitrogen and oxygen atoms in total. The zero-order chi connectivity index (χ0) is 13.1. The summed E-state index contributed by atoms with van der Waals surface area (Å²) in [5.41, 5.74) is 0.769. The Morgan fingerprint density at radius 3 is 2.35 bits per heavy atom. The van der Waals surface area contributed by atoms with Crippen molar-refractivity contribution in [2.45, 2.75) is 38.3 Å². The Hall–Kier alpha value is -0.460. The van der Waals surface area contributed by atoms with Gasteiger partial charge in [0.05, 0.1) is 17.3 Å². The average molecular weight is 305 g/mol. The molecule has 0 bridgehead atoms. The van der Waals surface area contributed by atoms with E-state index in [-0.39, 0.29) is 11.6 Å². The van der Waals surface area contributed by atoms with E-state index in [0.29, 0.717) is 0 Å². The van der Waals surface area contributed by atoms with Crippen LogP contribution >= 0.6 is 15.9 Å². The fourth-order valence-electron chi connectivity index (χ4n) is 2.36. The molecule has 1 aromatic heterocycles. The Labute approximate surface area is 111 Å². The fourth-order valence-corrected chi connectivity index (χ4v) is 2.92. The summed E-state index contributed by atoms with van der Waals surface area (Å²) in [6, 6.07) is 0.0527. The minimum Gasteiger partial charge on any atom is -0.376 e. The van der Waals surface area contributed by atoms with E-state index >= 15 is 0 Å². The Kier molecular flexibility index (Phi) is 5.09. The summed E-state index contributed by atoms with van der Waals surface area (Å²) in [7, 11) is 5.58. The van der Waals surface area contributed by atoms with E-state index in [0.717, 1.165) is 23.1 Å². The monoisotopic (exact) mass is 304 g/mol. The van der Waals surface area contributed by atoms with Gasteiger partial charge in [0.1, 0.15) is 0 Å². The van der Waals surface area contributed by atoms with Gasteiger partial charge in [-0.1, -0.05) is 19.1 Å². The van der Waals surface area contributed by atoms with Crippen LogP contribution in [-0.4, -0.2) is 34.8 Å². The van der Waals surface area contributed by atoms with Crippen LogP contribution in [0.25, 0.3) is 0 Å². The molecule has 1 unspecified atom stereocenters. The van der Waals surface area contributed by atoms with Crippen LogP contribution in [0.15, 0.2) is 4.60 Å². The summed E-state index contributed by atoms with van der Waals surface area (Å²) >= 11 is 3.45. The second-order valence-corrected chi connectivity index (χ2v) is 4.84. The molecule has 0 aliphatic heterocycles. The molecule has 0 aromatic carbocycles. The lowest BCUT2D eigenvalue weighted by Gasteiger charge is -2.38. The van der Waals surface area contributed by atoms with Gasteiger partial charge in [0.2, 0.25) is 0 Å². The van der Waals surface area contributed by atoms with Crippen LogP contribution < -0.4 is 5.32 Å². The van der Waals surface area contributed by atoms with Crippen molar-refractivity contribution in [2.24, 2.45) is 7.05 Å². The van der Waals surface area contributed by atoms with Gasteiger partial charge in [-0.05, 0) is 35.8 Å². The van der Waals surface area contributed by atoms with Gasteiger partial charge in [-0.15, -0.1) is 5.10 Å². The molecule has 0 aliphatic carbocycles. The van der Waals surface area contributed by atoms with E-state index in [2.05, 4.69) is 45.4 Å². The molecule has 0 fully saturated rings. The average Bonchev–Trinajstić information content (AvgIpc) is 2.67. The molecule has 17 heavy (non-hydrogen) atoms. The van der Waals surface area contributed by atoms with Gasteiger partial charge < -0.3 is 10.1 Å². The van der Waals surface area contributed by atoms with Crippen molar-refractivity contribution in [1.29, 1.82) is 0 Å². The van der Waals surface area contributed by atoms with Gasteiger partial charge in [-0.2, -0.15) is 0 Å². The molecule has 0 saturated carbocycles. The first-order valence-corrected chi connectivity index (χ1v) is 6.63. The van der Waals surface area contributed by atoms with E-state index in [9.17, 15) is 0 Å². The lowest BCUT2D eigenvalue weighted by molar-refractivity contribution is -0.0488. The fraction of sp³-hybridized carbons (Fsp3) is 0.818. The molecule has 1 aromatic rings. The smallest absolute Gasteiger partial charge is 0.153 e. The van der Waals surface area contributed by atoms with Gasteiger partial charge in [0.15, 0.2) is 4.60 Å². The van der Waals surface area contributed by atoms with Crippen molar-refractivity contribution in [3.8, 4) is 0 Å². The Morgan fingerprint density at radius 2 is 2.06 bits per heavy atom. The molecule has 1 rings (SSSR count). The summed E-state index contributed by atoms with van der Waals surface area (Å²) < 4.78 is 8.32. The zero-order valence-electron chi connectivity index (χ0n) is 11.1. The van der Waals surface area contributed by atoms with Crippen LogP contribution in [0.4, 0.5) is 0 Å². The number of nitrogens with zero attached hydrogens (tertiary/aromatic N) is 3. The Bertz CT molecular complexity index is 335. The molecule has 1 heterocycles. The quantitative estimate of drug-likeness (QED) is 0.874. The lowest BCUT2D eigenvalue weighted by Crippen LogP contribution is -2.44. The minimum atomic E-state index is -0.243. The first-order chi connectivity index (χ1) is 8.06. The highest BCUT2D eigenvalue weighted by atomic mass is 79.9. The summed E-state index contributed by atoms with van der Waals surface area (Å²) in [5, 5.41) is 11.4. The van der Waals surface area contributed by atoms with Crippen LogP contribution in [0.2, 0.25) is 0 Å². The highest BCUT2D eigenvalue weighted by Gasteiger charge is 2.39. The maximum atomic E-state index is 5.77. The summed E-state index contributed by atoms with van der Waals surface area (Å²) in [4.78, 5) is 0. The number of hydrogen-bond acceptors (Lipinski definition) is 4. The summed E-state index contributed by atoms with van der Waals surface area (Å²) in [6.07, 6.45) is 1.84. The SMILES string of the molecule is CCC(CC)(OC)C(NC)c1c(Br)nnn1C. The third-order valence-corrected chi connectivity index (χ3v) is 4.08. The first-order valence-electron chi connectivity index (χ1n) is 5.83. The van der Waals surface area contributed by atoms with Crippen LogP contribution in [0.1, 0.15) is 38.4 Å². The van der Waals surface area contributed by atoms with Crippen molar-refractivity contribution in [2.75, 3.05) is 14.2 Å². The molecular formula is C11H21BrN4O. The molecule has 6 heteroatoms. The number of ether oxygens (including phenoxy) is 1. The number of halogens is 1. The molecule has 1 atom stereocenters. The van der Waals surface area contributed by atoms with E-state index in [1.54, 1.807) is 11.8 Å². The topological polar surface area (TPSA) is 52.0 Å². The predicted molar refractivity (Wildman–Crippen MR) is 70.8 cm³/mol. The summed E-state index contributed by atoms with van der Waals surface area (Å²) in [6.45, 7) is 4.27. The van der Waals surface area contributed by atoms with E-state index < -0.39 is 0 Å². The highest BCUT2D eigenvalue weighted by Crippen LogP contribution is 2.36. The molecule has 0 radical (unpaired) electrons. The molecule has 1 N–H and O–H groups in total. The van der Waals surface area contributed by atoms with Gasteiger partial charge in [0, 0.05) is 14.2 Å². The Morgan fingerprint density at radius 1 is 1.47 bits per heavy atom. The van der Waals surface area contributed by atoms with Crippen molar-refractivity contribution in [3.63, 3.8) is 0 Å². The molecule has 0 spiro atoms. The minimum absolute atomic E-state index is 0.0527. The van der Waals surface area contributed by atoms with Crippen molar-refractivity contribution < 1.29 is 4.74 Å².